The van der Waals surface area contributed by atoms with E-state index in [2.05, 4.69) is 34.3 Å². The van der Waals surface area contributed by atoms with Crippen molar-refractivity contribution in [2.75, 3.05) is 20.0 Å². The zero-order chi connectivity index (χ0) is 17.1. The first-order valence-electron chi connectivity index (χ1n) is 6.16. The highest BCUT2D eigenvalue weighted by atomic mass is 32.2. The summed E-state index contributed by atoms with van der Waals surface area (Å²) in [4.78, 5) is 11.4. The number of thiocarbonyl (C=S) groups is 2. The van der Waals surface area contributed by atoms with E-state index >= 15 is 0 Å². The summed E-state index contributed by atoms with van der Waals surface area (Å²) in [5.41, 5.74) is 1.33. The highest BCUT2D eigenvalue weighted by Gasteiger charge is 2.11. The molecule has 0 bridgehead atoms. The van der Waals surface area contributed by atoms with Crippen LogP contribution in [-0.2, 0) is 9.47 Å². The number of rotatable bonds is 3. The van der Waals surface area contributed by atoms with Crippen molar-refractivity contribution in [1.29, 1.82) is 0 Å². The summed E-state index contributed by atoms with van der Waals surface area (Å²) in [6, 6.07) is 5.19. The summed E-state index contributed by atoms with van der Waals surface area (Å²) in [5, 5.41) is 0. The van der Waals surface area contributed by atoms with E-state index in [0.29, 0.717) is 26.7 Å². The van der Waals surface area contributed by atoms with Gasteiger partial charge in [-0.2, -0.15) is 0 Å². The number of hydrogen-bond acceptors (Lipinski definition) is 7. The highest BCUT2D eigenvalue weighted by Crippen LogP contribution is 2.19. The maximum absolute atomic E-state index is 11.4. The first-order valence-corrected chi connectivity index (χ1v) is 8.65. The number of thioether (sulfide) groups is 1. The first kappa shape index (κ1) is 21.2. The standard InChI is InChI=1S/C11H12O3S2.C3H6OS2/c1-7-4-5-8(14-11(15)16-3)6-9(7)10(12)13-2;1-2-4-3(5)6/h4-6H,1-3H3;2H2,1H3,(H,5,6). The average molecular weight is 379 g/mol. The third-order valence-corrected chi connectivity index (χ3v) is 3.50. The van der Waals surface area contributed by atoms with Crippen LogP contribution in [0.15, 0.2) is 18.2 Å². The summed E-state index contributed by atoms with van der Waals surface area (Å²) < 4.78 is 15.4. The lowest BCUT2D eigenvalue weighted by Crippen LogP contribution is -2.05. The fourth-order valence-corrected chi connectivity index (χ4v) is 1.78. The summed E-state index contributed by atoms with van der Waals surface area (Å²) in [7, 11) is 1.35. The monoisotopic (exact) mass is 378 g/mol. The molecule has 1 rings (SSSR count). The van der Waals surface area contributed by atoms with Gasteiger partial charge in [0.25, 0.3) is 0 Å². The van der Waals surface area contributed by atoms with Crippen LogP contribution >= 0.6 is 48.8 Å². The summed E-state index contributed by atoms with van der Waals surface area (Å²) >= 11 is 14.4. The molecule has 0 amide bonds. The Morgan fingerprint density at radius 2 is 2.00 bits per heavy atom. The molecule has 0 unspecified atom stereocenters. The molecule has 0 heterocycles. The molecule has 0 aliphatic carbocycles. The zero-order valence-corrected chi connectivity index (χ0v) is 16.1. The minimum absolute atomic E-state index is 0.317. The quantitative estimate of drug-likeness (QED) is 0.484. The fraction of sp³-hybridized carbons (Fsp3) is 0.357. The van der Waals surface area contributed by atoms with E-state index in [1.54, 1.807) is 18.2 Å². The summed E-state index contributed by atoms with van der Waals surface area (Å²) in [6.45, 7) is 4.31. The van der Waals surface area contributed by atoms with Crippen molar-refractivity contribution < 1.29 is 19.0 Å². The molecule has 0 aromatic heterocycles. The number of esters is 1. The topological polar surface area (TPSA) is 44.8 Å². The van der Waals surface area contributed by atoms with E-state index in [4.69, 9.17) is 17.0 Å². The van der Waals surface area contributed by atoms with Crippen LogP contribution in [0.25, 0.3) is 0 Å². The molecular weight excluding hydrogens is 360 g/mol. The lowest BCUT2D eigenvalue weighted by Gasteiger charge is -2.08. The molecule has 8 heteroatoms. The van der Waals surface area contributed by atoms with Gasteiger partial charge < -0.3 is 14.2 Å². The van der Waals surface area contributed by atoms with E-state index in [-0.39, 0.29) is 5.97 Å². The molecule has 22 heavy (non-hydrogen) atoms. The Morgan fingerprint density at radius 3 is 2.41 bits per heavy atom. The number of methoxy groups -OCH3 is 1. The number of hydrogen-bond donors (Lipinski definition) is 1. The molecule has 0 saturated heterocycles. The van der Waals surface area contributed by atoms with Gasteiger partial charge in [-0.05, 0) is 62.2 Å². The van der Waals surface area contributed by atoms with Crippen LogP contribution in [0.1, 0.15) is 22.8 Å². The minimum Gasteiger partial charge on any atom is -0.479 e. The molecule has 0 aliphatic rings. The third kappa shape index (κ3) is 8.57. The molecule has 0 atom stereocenters. The number of carbonyl (C=O) groups is 1. The Morgan fingerprint density at radius 1 is 1.36 bits per heavy atom. The number of thiol groups is 1. The maximum Gasteiger partial charge on any atom is 0.338 e. The van der Waals surface area contributed by atoms with Crippen LogP contribution in [-0.4, -0.2) is 34.7 Å². The molecule has 0 spiro atoms. The van der Waals surface area contributed by atoms with Gasteiger partial charge in [0.05, 0.1) is 19.3 Å². The van der Waals surface area contributed by atoms with Crippen molar-refractivity contribution in [2.24, 2.45) is 0 Å². The van der Waals surface area contributed by atoms with Crippen LogP contribution in [0, 0.1) is 6.92 Å². The maximum atomic E-state index is 11.4. The van der Waals surface area contributed by atoms with Gasteiger partial charge in [-0.3, -0.25) is 0 Å². The molecule has 0 saturated carbocycles. The number of ether oxygens (including phenoxy) is 3. The van der Waals surface area contributed by atoms with Crippen LogP contribution < -0.4 is 4.74 Å². The second kappa shape index (κ2) is 11.7. The molecule has 122 valence electrons. The zero-order valence-electron chi connectivity index (χ0n) is 12.7. The van der Waals surface area contributed by atoms with Crippen molar-refractivity contribution >= 4 is 63.6 Å². The van der Waals surface area contributed by atoms with E-state index in [1.807, 2.05) is 20.1 Å². The second-order valence-corrected chi connectivity index (χ2v) is 6.21. The van der Waals surface area contributed by atoms with Crippen molar-refractivity contribution in [2.45, 2.75) is 13.8 Å². The normalized spacial score (nSPS) is 9.14. The number of aryl methyl sites for hydroxylation is 1. The highest BCUT2D eigenvalue weighted by molar-refractivity contribution is 8.22. The van der Waals surface area contributed by atoms with Crippen LogP contribution in [0.2, 0.25) is 0 Å². The van der Waals surface area contributed by atoms with E-state index in [0.717, 1.165) is 5.56 Å². The Labute approximate surface area is 151 Å². The number of benzene rings is 1. The molecular formula is C14H18O4S4. The van der Waals surface area contributed by atoms with Gasteiger partial charge in [-0.15, -0.1) is 0 Å². The Hall–Kier alpha value is -0.830. The summed E-state index contributed by atoms with van der Waals surface area (Å²) in [6.07, 6.45) is 1.83. The van der Waals surface area contributed by atoms with Crippen LogP contribution in [0.3, 0.4) is 0 Å². The Kier molecular flexibility index (Phi) is 11.3. The SMILES string of the molecule is CCOC(=S)S.COC(=O)c1cc(OC(=S)SC)ccc1C. The Balaban J connectivity index is 0.000000626. The van der Waals surface area contributed by atoms with E-state index in [1.165, 1.54) is 18.9 Å². The van der Waals surface area contributed by atoms with Crippen molar-refractivity contribution in [3.05, 3.63) is 29.3 Å². The molecule has 0 N–H and O–H groups in total. The van der Waals surface area contributed by atoms with Gasteiger partial charge in [0.15, 0.2) is 0 Å². The Bertz CT molecular complexity index is 532. The fourth-order valence-electron chi connectivity index (χ4n) is 1.26. The lowest BCUT2D eigenvalue weighted by molar-refractivity contribution is 0.0599. The molecule has 4 nitrogen and oxygen atoms in total. The molecule has 1 aromatic carbocycles. The molecule has 0 aliphatic heterocycles. The molecule has 0 radical (unpaired) electrons. The average Bonchev–Trinajstić information content (AvgIpc) is 2.48. The van der Waals surface area contributed by atoms with Gasteiger partial charge in [0.2, 0.25) is 8.77 Å². The third-order valence-electron chi connectivity index (χ3n) is 2.25. The van der Waals surface area contributed by atoms with Crippen molar-refractivity contribution in [3.63, 3.8) is 0 Å². The van der Waals surface area contributed by atoms with Gasteiger partial charge in [-0.25, -0.2) is 4.79 Å². The van der Waals surface area contributed by atoms with Crippen molar-refractivity contribution in [1.82, 2.24) is 0 Å². The predicted molar refractivity (Wildman–Crippen MR) is 102 cm³/mol. The van der Waals surface area contributed by atoms with Crippen LogP contribution in [0.4, 0.5) is 0 Å². The van der Waals surface area contributed by atoms with E-state index in [9.17, 15) is 4.79 Å². The van der Waals surface area contributed by atoms with Crippen LogP contribution in [0.5, 0.6) is 5.75 Å². The number of carbonyl (C=O) groups excluding carboxylic acids is 1. The van der Waals surface area contributed by atoms with Gasteiger partial charge in [0, 0.05) is 0 Å². The van der Waals surface area contributed by atoms with Gasteiger partial charge in [-0.1, -0.05) is 30.5 Å². The largest absolute Gasteiger partial charge is 0.479 e. The van der Waals surface area contributed by atoms with Gasteiger partial charge >= 0.3 is 5.97 Å². The molecule has 1 aromatic rings. The van der Waals surface area contributed by atoms with E-state index < -0.39 is 0 Å². The lowest BCUT2D eigenvalue weighted by atomic mass is 10.1. The molecule has 0 fully saturated rings. The predicted octanol–water partition coefficient (Wildman–Crippen LogP) is 4.05. The second-order valence-electron chi connectivity index (χ2n) is 3.72. The first-order chi connectivity index (χ1) is 10.3. The van der Waals surface area contributed by atoms with Gasteiger partial charge in [0.1, 0.15) is 5.75 Å². The smallest absolute Gasteiger partial charge is 0.338 e. The summed E-state index contributed by atoms with van der Waals surface area (Å²) in [5.74, 6) is 0.170. The van der Waals surface area contributed by atoms with Crippen molar-refractivity contribution in [3.8, 4) is 5.75 Å². The minimum atomic E-state index is -0.377.